The van der Waals surface area contributed by atoms with E-state index in [9.17, 15) is 13.6 Å². The van der Waals surface area contributed by atoms with Crippen LogP contribution < -0.4 is 10.3 Å². The first-order chi connectivity index (χ1) is 14.9. The zero-order valence-corrected chi connectivity index (χ0v) is 18.1. The first kappa shape index (κ1) is 21.6. The Balaban J connectivity index is 1.79. The van der Waals surface area contributed by atoms with Crippen molar-refractivity contribution in [3.63, 3.8) is 0 Å². The molecule has 31 heavy (non-hydrogen) atoms. The third-order valence-electron chi connectivity index (χ3n) is 4.47. The molecule has 0 radical (unpaired) electrons. The van der Waals surface area contributed by atoms with Gasteiger partial charge in [0.25, 0.3) is 5.56 Å². The maximum absolute atomic E-state index is 13.3. The van der Waals surface area contributed by atoms with E-state index in [1.807, 2.05) is 0 Å². The van der Waals surface area contributed by atoms with E-state index in [0.29, 0.717) is 37.5 Å². The lowest BCUT2D eigenvalue weighted by Gasteiger charge is -2.14. The Morgan fingerprint density at radius 3 is 2.32 bits per heavy atom. The maximum Gasteiger partial charge on any atom is 0.387 e. The zero-order chi connectivity index (χ0) is 22.0. The molecule has 4 aromatic rings. The number of benzene rings is 3. The van der Waals surface area contributed by atoms with Crippen molar-refractivity contribution < 1.29 is 13.5 Å². The number of alkyl halides is 2. The molecular formula is C22H14Cl2F2N2O2S. The van der Waals surface area contributed by atoms with E-state index in [2.05, 4.69) is 9.72 Å². The van der Waals surface area contributed by atoms with Gasteiger partial charge in [0.2, 0.25) is 0 Å². The van der Waals surface area contributed by atoms with Gasteiger partial charge < -0.3 is 4.74 Å². The van der Waals surface area contributed by atoms with Crippen LogP contribution in [0.15, 0.2) is 76.7 Å². The van der Waals surface area contributed by atoms with Gasteiger partial charge in [-0.3, -0.25) is 9.36 Å². The molecule has 0 aliphatic rings. The molecule has 0 aliphatic carbocycles. The fourth-order valence-electron chi connectivity index (χ4n) is 3.02. The molecule has 1 aromatic heterocycles. The molecule has 158 valence electrons. The number of thioether (sulfide) groups is 1. The number of aromatic nitrogens is 2. The standard InChI is InChI=1S/C22H14Cl2F2N2O2S/c23-17-5-3-6-18(24)16(17)12-31-22-27-19-7-2-1-4-15(19)20(29)28(22)13-8-10-14(11-9-13)30-21(25)26/h1-11,21H,12H2. The summed E-state index contributed by atoms with van der Waals surface area (Å²) in [5.74, 6) is 0.383. The topological polar surface area (TPSA) is 44.1 Å². The van der Waals surface area contributed by atoms with E-state index < -0.39 is 6.61 Å². The first-order valence-electron chi connectivity index (χ1n) is 9.07. The van der Waals surface area contributed by atoms with Crippen LogP contribution in [0.25, 0.3) is 16.6 Å². The molecule has 0 amide bonds. The molecule has 0 bridgehead atoms. The molecule has 0 N–H and O–H groups in total. The van der Waals surface area contributed by atoms with E-state index in [4.69, 9.17) is 23.2 Å². The van der Waals surface area contributed by atoms with E-state index in [1.165, 1.54) is 40.6 Å². The van der Waals surface area contributed by atoms with Crippen LogP contribution in [0.5, 0.6) is 5.75 Å². The zero-order valence-electron chi connectivity index (χ0n) is 15.8. The Kier molecular flexibility index (Phi) is 6.46. The van der Waals surface area contributed by atoms with Crippen LogP contribution in [0.2, 0.25) is 10.0 Å². The second-order valence-electron chi connectivity index (χ2n) is 6.41. The van der Waals surface area contributed by atoms with E-state index in [0.717, 1.165) is 5.56 Å². The number of para-hydroxylation sites is 1. The molecule has 0 unspecified atom stereocenters. The number of fused-ring (bicyclic) bond motifs is 1. The summed E-state index contributed by atoms with van der Waals surface area (Å²) in [5, 5.41) is 1.89. The highest BCUT2D eigenvalue weighted by Crippen LogP contribution is 2.32. The summed E-state index contributed by atoms with van der Waals surface area (Å²) in [6.07, 6.45) is 0. The Bertz CT molecular complexity index is 1280. The first-order valence-corrected chi connectivity index (χ1v) is 10.8. The van der Waals surface area contributed by atoms with Gasteiger partial charge in [-0.05, 0) is 54.1 Å². The van der Waals surface area contributed by atoms with Crippen LogP contribution in [-0.4, -0.2) is 16.2 Å². The highest BCUT2D eigenvalue weighted by atomic mass is 35.5. The van der Waals surface area contributed by atoms with Crippen LogP contribution in [0.1, 0.15) is 5.56 Å². The Hall–Kier alpha value is -2.61. The minimum absolute atomic E-state index is 0.00222. The molecule has 0 saturated heterocycles. The van der Waals surface area contributed by atoms with Crippen molar-refractivity contribution in [3.05, 3.63) is 92.7 Å². The summed E-state index contributed by atoms with van der Waals surface area (Å²) in [5.41, 5.74) is 1.47. The minimum Gasteiger partial charge on any atom is -0.435 e. The summed E-state index contributed by atoms with van der Waals surface area (Å²) in [6.45, 7) is -2.93. The predicted octanol–water partition coefficient (Wildman–Crippen LogP) is 6.59. The van der Waals surface area contributed by atoms with Crippen molar-refractivity contribution in [1.82, 2.24) is 9.55 Å². The van der Waals surface area contributed by atoms with Crippen molar-refractivity contribution in [2.45, 2.75) is 17.5 Å². The molecule has 0 spiro atoms. The normalized spacial score (nSPS) is 11.3. The quantitative estimate of drug-likeness (QED) is 0.231. The van der Waals surface area contributed by atoms with E-state index >= 15 is 0 Å². The summed E-state index contributed by atoms with van der Waals surface area (Å²) >= 11 is 13.9. The van der Waals surface area contributed by atoms with Gasteiger partial charge in [-0.1, -0.05) is 53.2 Å². The lowest BCUT2D eigenvalue weighted by molar-refractivity contribution is -0.0498. The number of rotatable bonds is 6. The summed E-state index contributed by atoms with van der Waals surface area (Å²) in [7, 11) is 0. The van der Waals surface area contributed by atoms with Crippen LogP contribution >= 0.6 is 35.0 Å². The average Bonchev–Trinajstić information content (AvgIpc) is 2.74. The molecule has 0 atom stereocenters. The van der Waals surface area contributed by atoms with E-state index in [1.54, 1.807) is 42.5 Å². The van der Waals surface area contributed by atoms with Crippen molar-refractivity contribution in [2.24, 2.45) is 0 Å². The lowest BCUT2D eigenvalue weighted by Crippen LogP contribution is -2.21. The van der Waals surface area contributed by atoms with Crippen LogP contribution in [0, 0.1) is 0 Å². The third-order valence-corrected chi connectivity index (χ3v) is 6.15. The lowest BCUT2D eigenvalue weighted by atomic mass is 10.2. The van der Waals surface area contributed by atoms with Crippen molar-refractivity contribution >= 4 is 45.9 Å². The number of halogens is 4. The molecule has 0 saturated carbocycles. The average molecular weight is 479 g/mol. The van der Waals surface area contributed by atoms with Crippen LogP contribution in [0.3, 0.4) is 0 Å². The Morgan fingerprint density at radius 2 is 1.65 bits per heavy atom. The van der Waals surface area contributed by atoms with Crippen molar-refractivity contribution in [2.75, 3.05) is 0 Å². The smallest absolute Gasteiger partial charge is 0.387 e. The van der Waals surface area contributed by atoms with Gasteiger partial charge in [0.15, 0.2) is 5.16 Å². The number of hydrogen-bond acceptors (Lipinski definition) is 4. The monoisotopic (exact) mass is 478 g/mol. The molecule has 1 heterocycles. The summed E-state index contributed by atoms with van der Waals surface area (Å²) in [6, 6.07) is 18.1. The van der Waals surface area contributed by atoms with Gasteiger partial charge in [0.1, 0.15) is 5.75 Å². The highest BCUT2D eigenvalue weighted by molar-refractivity contribution is 7.98. The van der Waals surface area contributed by atoms with Crippen molar-refractivity contribution in [3.8, 4) is 11.4 Å². The van der Waals surface area contributed by atoms with Gasteiger partial charge in [0.05, 0.1) is 16.6 Å². The summed E-state index contributed by atoms with van der Waals surface area (Å²) in [4.78, 5) is 17.9. The van der Waals surface area contributed by atoms with E-state index in [-0.39, 0.29) is 11.3 Å². The van der Waals surface area contributed by atoms with Crippen LogP contribution in [0.4, 0.5) is 8.78 Å². The number of nitrogens with zero attached hydrogens (tertiary/aromatic N) is 2. The predicted molar refractivity (Wildman–Crippen MR) is 120 cm³/mol. The Morgan fingerprint density at radius 1 is 0.968 bits per heavy atom. The Labute approximate surface area is 190 Å². The van der Waals surface area contributed by atoms with Gasteiger partial charge in [0, 0.05) is 15.8 Å². The van der Waals surface area contributed by atoms with Gasteiger partial charge >= 0.3 is 6.61 Å². The number of hydrogen-bond donors (Lipinski definition) is 0. The molecule has 4 nitrogen and oxygen atoms in total. The molecule has 0 fully saturated rings. The SMILES string of the molecule is O=c1c2ccccc2nc(SCc2c(Cl)cccc2Cl)n1-c1ccc(OC(F)F)cc1. The summed E-state index contributed by atoms with van der Waals surface area (Å²) < 4.78 is 30.8. The largest absolute Gasteiger partial charge is 0.435 e. The maximum atomic E-state index is 13.3. The molecular weight excluding hydrogens is 465 g/mol. The number of ether oxygens (including phenoxy) is 1. The van der Waals surface area contributed by atoms with Crippen molar-refractivity contribution in [1.29, 1.82) is 0 Å². The van der Waals surface area contributed by atoms with Crippen LogP contribution in [-0.2, 0) is 5.75 Å². The fourth-order valence-corrected chi connectivity index (χ4v) is 4.77. The molecule has 0 aliphatic heterocycles. The second kappa shape index (κ2) is 9.26. The molecule has 3 aromatic carbocycles. The molecule has 9 heteroatoms. The fraction of sp³-hybridized carbons (Fsp3) is 0.0909. The highest BCUT2D eigenvalue weighted by Gasteiger charge is 2.15. The van der Waals surface area contributed by atoms with Gasteiger partial charge in [-0.2, -0.15) is 8.78 Å². The third kappa shape index (κ3) is 4.69. The second-order valence-corrected chi connectivity index (χ2v) is 8.17. The molecule has 4 rings (SSSR count). The van der Waals surface area contributed by atoms with Gasteiger partial charge in [-0.15, -0.1) is 0 Å². The minimum atomic E-state index is -2.93. The van der Waals surface area contributed by atoms with Gasteiger partial charge in [-0.25, -0.2) is 4.98 Å².